The first-order valence-corrected chi connectivity index (χ1v) is 9.05. The second kappa shape index (κ2) is 8.25. The average Bonchev–Trinajstić information content (AvgIpc) is 2.96. The highest BCUT2D eigenvalue weighted by Crippen LogP contribution is 2.35. The van der Waals surface area contributed by atoms with E-state index in [4.69, 9.17) is 11.6 Å². The van der Waals surface area contributed by atoms with Crippen LogP contribution in [0.3, 0.4) is 0 Å². The van der Waals surface area contributed by atoms with Gasteiger partial charge in [-0.15, -0.1) is 11.3 Å². The Morgan fingerprint density at radius 3 is 2.85 bits per heavy atom. The normalized spacial score (nSPS) is 10.7. The van der Waals surface area contributed by atoms with E-state index in [1.165, 1.54) is 12.1 Å². The molecule has 0 aliphatic rings. The van der Waals surface area contributed by atoms with Crippen LogP contribution in [-0.4, -0.2) is 23.3 Å². The molecule has 2 amide bonds. The van der Waals surface area contributed by atoms with Crippen molar-refractivity contribution in [3.63, 3.8) is 0 Å². The summed E-state index contributed by atoms with van der Waals surface area (Å²) >= 11 is 7.33. The molecule has 0 aliphatic carbocycles. The van der Waals surface area contributed by atoms with Gasteiger partial charge >= 0.3 is 0 Å². The second-order valence-corrected chi connectivity index (χ2v) is 6.96. The van der Waals surface area contributed by atoms with E-state index in [0.29, 0.717) is 26.5 Å². The van der Waals surface area contributed by atoms with Crippen LogP contribution < -0.4 is 10.6 Å². The zero-order chi connectivity index (χ0) is 18.5. The minimum Gasteiger partial charge on any atom is -0.352 e. The molecule has 3 rings (SSSR count). The van der Waals surface area contributed by atoms with E-state index < -0.39 is 0 Å². The van der Waals surface area contributed by atoms with E-state index in [2.05, 4.69) is 15.6 Å². The molecular formula is C18H15ClFN3O2S. The first-order valence-electron chi connectivity index (χ1n) is 7.86. The summed E-state index contributed by atoms with van der Waals surface area (Å²) < 4.78 is 13.9. The number of carbonyl (C=O) groups is 2. The van der Waals surface area contributed by atoms with Crippen LogP contribution in [0, 0.1) is 5.82 Å². The molecule has 0 spiro atoms. The number of nitrogens with one attached hydrogen (secondary N) is 2. The number of hydrogen-bond acceptors (Lipinski definition) is 4. The Kier molecular flexibility index (Phi) is 5.80. The third-order valence-electron chi connectivity index (χ3n) is 3.65. The first kappa shape index (κ1) is 18.3. The summed E-state index contributed by atoms with van der Waals surface area (Å²) in [5.41, 5.74) is 0.897. The molecule has 26 heavy (non-hydrogen) atoms. The standard InChI is InChI=1S/C18H15ClFN3O2S/c19-16-13-4-3-12(20)8-14(13)26-17(16)18(25)22-7-5-15(24)23-10-11-2-1-6-21-9-11/h1-4,6,8-9H,5,7,10H2,(H,22,25)(H,23,24). The molecule has 3 aromatic rings. The van der Waals surface area contributed by atoms with Crippen molar-refractivity contribution in [2.75, 3.05) is 6.54 Å². The fourth-order valence-electron chi connectivity index (χ4n) is 2.35. The molecule has 0 saturated carbocycles. The quantitative estimate of drug-likeness (QED) is 0.675. The van der Waals surface area contributed by atoms with E-state index >= 15 is 0 Å². The topological polar surface area (TPSA) is 71.1 Å². The Hall–Kier alpha value is -2.51. The van der Waals surface area contributed by atoms with Gasteiger partial charge in [-0.05, 0) is 29.8 Å². The van der Waals surface area contributed by atoms with E-state index in [0.717, 1.165) is 16.9 Å². The van der Waals surface area contributed by atoms with Gasteiger partial charge in [0.1, 0.15) is 10.7 Å². The van der Waals surface area contributed by atoms with E-state index in [1.54, 1.807) is 24.5 Å². The van der Waals surface area contributed by atoms with Crippen LogP contribution in [0.5, 0.6) is 0 Å². The van der Waals surface area contributed by atoms with Crippen LogP contribution in [0.15, 0.2) is 42.7 Å². The predicted molar refractivity (Wildman–Crippen MR) is 99.8 cm³/mol. The predicted octanol–water partition coefficient (Wildman–Crippen LogP) is 3.53. The van der Waals surface area contributed by atoms with Crippen LogP contribution in [0.1, 0.15) is 21.7 Å². The van der Waals surface area contributed by atoms with Gasteiger partial charge in [0.15, 0.2) is 0 Å². The number of halogens is 2. The summed E-state index contributed by atoms with van der Waals surface area (Å²) in [5.74, 6) is -0.942. The lowest BCUT2D eigenvalue weighted by Crippen LogP contribution is -2.30. The number of amides is 2. The average molecular weight is 392 g/mol. The Balaban J connectivity index is 1.51. The SMILES string of the molecule is O=C(CCNC(=O)c1sc2cc(F)ccc2c1Cl)NCc1cccnc1. The molecule has 0 radical (unpaired) electrons. The van der Waals surface area contributed by atoms with Gasteiger partial charge in [0.25, 0.3) is 5.91 Å². The van der Waals surface area contributed by atoms with Gasteiger partial charge in [0, 0.05) is 42.0 Å². The summed E-state index contributed by atoms with van der Waals surface area (Å²) in [5, 5.41) is 6.35. The van der Waals surface area contributed by atoms with Crippen molar-refractivity contribution in [3.8, 4) is 0 Å². The van der Waals surface area contributed by atoms with E-state index in [1.807, 2.05) is 6.07 Å². The molecule has 2 aromatic heterocycles. The lowest BCUT2D eigenvalue weighted by atomic mass is 10.2. The number of fused-ring (bicyclic) bond motifs is 1. The lowest BCUT2D eigenvalue weighted by Gasteiger charge is -2.06. The van der Waals surface area contributed by atoms with Crippen LogP contribution in [0.4, 0.5) is 4.39 Å². The number of thiophene rings is 1. The van der Waals surface area contributed by atoms with E-state index in [9.17, 15) is 14.0 Å². The van der Waals surface area contributed by atoms with Crippen LogP contribution in [0.2, 0.25) is 5.02 Å². The minimum absolute atomic E-state index is 0.142. The zero-order valence-electron chi connectivity index (χ0n) is 13.6. The van der Waals surface area contributed by atoms with Crippen molar-refractivity contribution in [3.05, 3.63) is 64.0 Å². The fraction of sp³-hybridized carbons (Fsp3) is 0.167. The van der Waals surface area contributed by atoms with Crippen molar-refractivity contribution in [1.82, 2.24) is 15.6 Å². The molecule has 0 aliphatic heterocycles. The second-order valence-electron chi connectivity index (χ2n) is 5.53. The molecule has 0 atom stereocenters. The molecule has 0 fully saturated rings. The van der Waals surface area contributed by atoms with Gasteiger partial charge in [-0.1, -0.05) is 17.7 Å². The van der Waals surface area contributed by atoms with Gasteiger partial charge in [-0.25, -0.2) is 4.39 Å². The number of benzene rings is 1. The summed E-state index contributed by atoms with van der Waals surface area (Å²) in [6.45, 7) is 0.560. The number of aromatic nitrogens is 1. The Labute approximate surface area is 158 Å². The van der Waals surface area contributed by atoms with Gasteiger partial charge < -0.3 is 10.6 Å². The highest BCUT2D eigenvalue weighted by Gasteiger charge is 2.17. The molecule has 2 heterocycles. The summed E-state index contributed by atoms with van der Waals surface area (Å²) in [4.78, 5) is 28.4. The van der Waals surface area contributed by atoms with Gasteiger partial charge in [0.2, 0.25) is 5.91 Å². The Bertz CT molecular complexity index is 946. The number of carbonyl (C=O) groups excluding carboxylic acids is 2. The van der Waals surface area contributed by atoms with Crippen LogP contribution in [0.25, 0.3) is 10.1 Å². The molecule has 0 saturated heterocycles. The number of nitrogens with zero attached hydrogens (tertiary/aromatic N) is 1. The molecule has 0 bridgehead atoms. The van der Waals surface area contributed by atoms with Crippen molar-refractivity contribution < 1.29 is 14.0 Å². The van der Waals surface area contributed by atoms with Crippen molar-refractivity contribution >= 4 is 44.8 Å². The van der Waals surface area contributed by atoms with E-state index in [-0.39, 0.29) is 30.6 Å². The monoisotopic (exact) mass is 391 g/mol. The molecule has 5 nitrogen and oxygen atoms in total. The third-order valence-corrected chi connectivity index (χ3v) is 5.30. The Morgan fingerprint density at radius 2 is 2.08 bits per heavy atom. The number of hydrogen-bond donors (Lipinski definition) is 2. The molecule has 134 valence electrons. The summed E-state index contributed by atoms with van der Waals surface area (Å²) in [7, 11) is 0. The summed E-state index contributed by atoms with van der Waals surface area (Å²) in [6, 6.07) is 7.85. The largest absolute Gasteiger partial charge is 0.352 e. The van der Waals surface area contributed by atoms with Crippen molar-refractivity contribution in [1.29, 1.82) is 0 Å². The Morgan fingerprint density at radius 1 is 1.23 bits per heavy atom. The first-order chi connectivity index (χ1) is 12.5. The zero-order valence-corrected chi connectivity index (χ0v) is 15.2. The maximum absolute atomic E-state index is 13.3. The number of pyridine rings is 1. The highest BCUT2D eigenvalue weighted by molar-refractivity contribution is 7.21. The molecular weight excluding hydrogens is 377 g/mol. The maximum atomic E-state index is 13.3. The molecule has 0 unspecified atom stereocenters. The molecule has 2 N–H and O–H groups in total. The van der Waals surface area contributed by atoms with Crippen molar-refractivity contribution in [2.24, 2.45) is 0 Å². The smallest absolute Gasteiger partial charge is 0.262 e. The molecule has 8 heteroatoms. The third kappa shape index (κ3) is 4.36. The molecule has 1 aromatic carbocycles. The minimum atomic E-state index is -0.382. The van der Waals surface area contributed by atoms with Gasteiger partial charge in [-0.2, -0.15) is 0 Å². The van der Waals surface area contributed by atoms with Gasteiger partial charge in [-0.3, -0.25) is 14.6 Å². The fourth-order valence-corrected chi connectivity index (χ4v) is 3.80. The lowest BCUT2D eigenvalue weighted by molar-refractivity contribution is -0.121. The van der Waals surface area contributed by atoms with Crippen molar-refractivity contribution in [2.45, 2.75) is 13.0 Å². The van der Waals surface area contributed by atoms with Crippen LogP contribution in [-0.2, 0) is 11.3 Å². The van der Waals surface area contributed by atoms with Gasteiger partial charge in [0.05, 0.1) is 5.02 Å². The van der Waals surface area contributed by atoms with Crippen LogP contribution >= 0.6 is 22.9 Å². The number of rotatable bonds is 6. The maximum Gasteiger partial charge on any atom is 0.262 e. The summed E-state index contributed by atoms with van der Waals surface area (Å²) in [6.07, 6.45) is 3.48. The highest BCUT2D eigenvalue weighted by atomic mass is 35.5.